The Balaban J connectivity index is 1.89. The van der Waals surface area contributed by atoms with E-state index in [0.29, 0.717) is 17.4 Å². The van der Waals surface area contributed by atoms with Gasteiger partial charge in [0, 0.05) is 19.3 Å². The molecule has 2 rings (SSSR count). The minimum Gasteiger partial charge on any atom is -0.327 e. The maximum atomic E-state index is 6.45. The van der Waals surface area contributed by atoms with E-state index in [1.54, 1.807) is 0 Å². The molecule has 0 amide bonds. The molecule has 2 unspecified atom stereocenters. The summed E-state index contributed by atoms with van der Waals surface area (Å²) in [7, 11) is 1.97. The zero-order chi connectivity index (χ0) is 13.2. The molecule has 2 N–H and O–H groups in total. The lowest BCUT2D eigenvalue weighted by Crippen LogP contribution is -2.42. The molecule has 3 nitrogen and oxygen atoms in total. The molecule has 1 aromatic heterocycles. The SMILES string of the molecule is Cn1cc(CCC(N)C2CCCCC2(C)C)cn1. The van der Waals surface area contributed by atoms with Gasteiger partial charge in [-0.3, -0.25) is 4.68 Å². The van der Waals surface area contributed by atoms with Crippen LogP contribution in [0.1, 0.15) is 51.5 Å². The summed E-state index contributed by atoms with van der Waals surface area (Å²) in [6.07, 6.45) is 11.6. The minimum atomic E-state index is 0.334. The highest BCUT2D eigenvalue weighted by Gasteiger charge is 2.35. The van der Waals surface area contributed by atoms with Gasteiger partial charge in [0.1, 0.15) is 0 Å². The van der Waals surface area contributed by atoms with E-state index in [0.717, 1.165) is 12.8 Å². The molecule has 2 atom stereocenters. The molecular formula is C15H27N3. The van der Waals surface area contributed by atoms with Crippen LogP contribution in [0.2, 0.25) is 0 Å². The van der Waals surface area contributed by atoms with Gasteiger partial charge in [-0.05, 0) is 42.6 Å². The highest BCUT2D eigenvalue weighted by atomic mass is 15.2. The lowest BCUT2D eigenvalue weighted by atomic mass is 9.65. The maximum Gasteiger partial charge on any atom is 0.0521 e. The molecule has 1 fully saturated rings. The van der Waals surface area contributed by atoms with E-state index < -0.39 is 0 Å². The van der Waals surface area contributed by atoms with Crippen molar-refractivity contribution in [2.75, 3.05) is 0 Å². The van der Waals surface area contributed by atoms with Gasteiger partial charge < -0.3 is 5.73 Å². The van der Waals surface area contributed by atoms with Gasteiger partial charge in [0.05, 0.1) is 6.20 Å². The molecule has 0 spiro atoms. The fourth-order valence-corrected chi connectivity index (χ4v) is 3.45. The van der Waals surface area contributed by atoms with Crippen LogP contribution in [0.25, 0.3) is 0 Å². The van der Waals surface area contributed by atoms with Crippen LogP contribution in [0.4, 0.5) is 0 Å². The van der Waals surface area contributed by atoms with Gasteiger partial charge in [0.2, 0.25) is 0 Å². The first-order valence-corrected chi connectivity index (χ1v) is 7.22. The second-order valence-corrected chi connectivity index (χ2v) is 6.57. The first-order valence-electron chi connectivity index (χ1n) is 7.22. The second-order valence-electron chi connectivity index (χ2n) is 6.57. The summed E-state index contributed by atoms with van der Waals surface area (Å²) >= 11 is 0. The van der Waals surface area contributed by atoms with Gasteiger partial charge in [-0.2, -0.15) is 5.10 Å². The zero-order valence-electron chi connectivity index (χ0n) is 12.0. The Labute approximate surface area is 111 Å². The largest absolute Gasteiger partial charge is 0.327 e. The first-order chi connectivity index (χ1) is 8.49. The average molecular weight is 249 g/mol. The Morgan fingerprint density at radius 1 is 1.50 bits per heavy atom. The van der Waals surface area contributed by atoms with Crippen molar-refractivity contribution >= 4 is 0 Å². The number of hydrogen-bond donors (Lipinski definition) is 1. The Hall–Kier alpha value is -0.830. The monoisotopic (exact) mass is 249 g/mol. The van der Waals surface area contributed by atoms with E-state index in [2.05, 4.69) is 25.1 Å². The standard InChI is InChI=1S/C15H27N3/c1-15(2)9-5-4-6-13(15)14(16)8-7-12-10-17-18(3)11-12/h10-11,13-14H,4-9,16H2,1-3H3. The van der Waals surface area contributed by atoms with Gasteiger partial charge in [0.25, 0.3) is 0 Å². The van der Waals surface area contributed by atoms with Gasteiger partial charge in [-0.1, -0.05) is 26.7 Å². The first kappa shape index (κ1) is 13.6. The van der Waals surface area contributed by atoms with Crippen LogP contribution in [0.15, 0.2) is 12.4 Å². The predicted molar refractivity (Wildman–Crippen MR) is 75.2 cm³/mol. The molecule has 1 heterocycles. The van der Waals surface area contributed by atoms with Crippen LogP contribution in [0.3, 0.4) is 0 Å². The molecule has 0 aromatic carbocycles. The third-order valence-corrected chi connectivity index (χ3v) is 4.63. The second kappa shape index (κ2) is 5.43. The maximum absolute atomic E-state index is 6.45. The van der Waals surface area contributed by atoms with Crippen molar-refractivity contribution in [3.8, 4) is 0 Å². The molecule has 1 aliphatic carbocycles. The van der Waals surface area contributed by atoms with Gasteiger partial charge >= 0.3 is 0 Å². The van der Waals surface area contributed by atoms with Crippen LogP contribution in [-0.4, -0.2) is 15.8 Å². The van der Waals surface area contributed by atoms with Crippen molar-refractivity contribution in [2.45, 2.75) is 58.4 Å². The Morgan fingerprint density at radius 2 is 2.28 bits per heavy atom. The topological polar surface area (TPSA) is 43.8 Å². The van der Waals surface area contributed by atoms with Crippen molar-refractivity contribution in [1.29, 1.82) is 0 Å². The lowest BCUT2D eigenvalue weighted by Gasteiger charge is -2.42. The van der Waals surface area contributed by atoms with Crippen molar-refractivity contribution < 1.29 is 0 Å². The van der Waals surface area contributed by atoms with E-state index in [1.807, 2.05) is 17.9 Å². The molecule has 0 bridgehead atoms. The molecular weight excluding hydrogens is 222 g/mol. The van der Waals surface area contributed by atoms with Crippen LogP contribution in [0.5, 0.6) is 0 Å². The third-order valence-electron chi connectivity index (χ3n) is 4.63. The highest BCUT2D eigenvalue weighted by Crippen LogP contribution is 2.42. The Morgan fingerprint density at radius 3 is 2.89 bits per heavy atom. The minimum absolute atomic E-state index is 0.334. The quantitative estimate of drug-likeness (QED) is 0.891. The summed E-state index contributed by atoms with van der Waals surface area (Å²) in [6.45, 7) is 4.78. The van der Waals surface area contributed by atoms with Crippen LogP contribution >= 0.6 is 0 Å². The molecule has 3 heteroatoms. The number of nitrogens with two attached hydrogens (primary N) is 1. The molecule has 0 saturated heterocycles. The fraction of sp³-hybridized carbons (Fsp3) is 0.800. The molecule has 1 saturated carbocycles. The molecule has 102 valence electrons. The summed E-state index contributed by atoms with van der Waals surface area (Å²) in [4.78, 5) is 0. The van der Waals surface area contributed by atoms with Crippen molar-refractivity contribution in [3.05, 3.63) is 18.0 Å². The van der Waals surface area contributed by atoms with Gasteiger partial charge in [0.15, 0.2) is 0 Å². The molecule has 1 aliphatic rings. The van der Waals surface area contributed by atoms with E-state index in [4.69, 9.17) is 5.73 Å². The van der Waals surface area contributed by atoms with Crippen LogP contribution < -0.4 is 5.73 Å². The fourth-order valence-electron chi connectivity index (χ4n) is 3.45. The summed E-state index contributed by atoms with van der Waals surface area (Å²) in [5, 5.41) is 4.21. The van der Waals surface area contributed by atoms with E-state index in [1.165, 1.54) is 31.2 Å². The van der Waals surface area contributed by atoms with Gasteiger partial charge in [-0.25, -0.2) is 0 Å². The third kappa shape index (κ3) is 3.14. The number of nitrogens with zero attached hydrogens (tertiary/aromatic N) is 2. The zero-order valence-corrected chi connectivity index (χ0v) is 12.0. The lowest BCUT2D eigenvalue weighted by molar-refractivity contribution is 0.109. The molecule has 0 radical (unpaired) electrons. The number of aryl methyl sites for hydroxylation is 2. The number of hydrogen-bond acceptors (Lipinski definition) is 2. The summed E-state index contributed by atoms with van der Waals surface area (Å²) in [6, 6.07) is 0.334. The summed E-state index contributed by atoms with van der Waals surface area (Å²) < 4.78 is 1.87. The smallest absolute Gasteiger partial charge is 0.0521 e. The van der Waals surface area contributed by atoms with Crippen molar-refractivity contribution in [1.82, 2.24) is 9.78 Å². The highest BCUT2D eigenvalue weighted by molar-refractivity contribution is 5.04. The average Bonchev–Trinajstić information content (AvgIpc) is 2.71. The number of aromatic nitrogens is 2. The van der Waals surface area contributed by atoms with E-state index >= 15 is 0 Å². The predicted octanol–water partition coefficient (Wildman–Crippen LogP) is 2.90. The Bertz CT molecular complexity index is 381. The van der Waals surface area contributed by atoms with E-state index in [9.17, 15) is 0 Å². The van der Waals surface area contributed by atoms with Crippen molar-refractivity contribution in [3.63, 3.8) is 0 Å². The van der Waals surface area contributed by atoms with Crippen LogP contribution in [-0.2, 0) is 13.5 Å². The Kier molecular flexibility index (Phi) is 4.10. The molecule has 18 heavy (non-hydrogen) atoms. The van der Waals surface area contributed by atoms with E-state index in [-0.39, 0.29) is 0 Å². The number of rotatable bonds is 4. The summed E-state index contributed by atoms with van der Waals surface area (Å²) in [5.74, 6) is 0.683. The summed E-state index contributed by atoms with van der Waals surface area (Å²) in [5.41, 5.74) is 8.18. The van der Waals surface area contributed by atoms with Crippen LogP contribution in [0, 0.1) is 11.3 Å². The molecule has 0 aliphatic heterocycles. The molecule has 1 aromatic rings. The van der Waals surface area contributed by atoms with Gasteiger partial charge in [-0.15, -0.1) is 0 Å². The van der Waals surface area contributed by atoms with Crippen molar-refractivity contribution in [2.24, 2.45) is 24.1 Å². The normalized spacial score (nSPS) is 25.0.